The highest BCUT2D eigenvalue weighted by Crippen LogP contribution is 2.11. The normalized spacial score (nSPS) is 12.7. The van der Waals surface area contributed by atoms with Gasteiger partial charge in [-0.3, -0.25) is 19.2 Å². The lowest BCUT2D eigenvalue weighted by molar-refractivity contribution is -0.129. The maximum absolute atomic E-state index is 12.1. The standard InChI is InChI=1S/C16H21N4O5/c17-12(5-6-14(18)23)15(24)20-13(16(25)19-7-8-21)9-10-1-3-11(22)4-2-10/h1-4,12-13,22H,5-7,9,17H2,(H2,18,23)(H,19,25)(H,20,24)/t12-,13-/m0/s1. The number of nitrogens with two attached hydrogens (primary N) is 2. The molecule has 0 aliphatic rings. The van der Waals surface area contributed by atoms with Gasteiger partial charge in [0.2, 0.25) is 24.0 Å². The first-order valence-electron chi connectivity index (χ1n) is 7.58. The summed E-state index contributed by atoms with van der Waals surface area (Å²) in [6.45, 7) is -0.311. The van der Waals surface area contributed by atoms with Gasteiger partial charge in [0, 0.05) is 12.8 Å². The van der Waals surface area contributed by atoms with Crippen molar-refractivity contribution in [1.82, 2.24) is 10.6 Å². The van der Waals surface area contributed by atoms with E-state index in [1.165, 1.54) is 18.4 Å². The van der Waals surface area contributed by atoms with Crippen LogP contribution in [-0.2, 0) is 25.6 Å². The van der Waals surface area contributed by atoms with E-state index in [0.717, 1.165) is 0 Å². The number of amides is 3. The van der Waals surface area contributed by atoms with Crippen LogP contribution in [0.25, 0.3) is 0 Å². The fraction of sp³-hybridized carbons (Fsp3) is 0.375. The zero-order valence-electron chi connectivity index (χ0n) is 13.5. The lowest BCUT2D eigenvalue weighted by Crippen LogP contribution is -2.52. The van der Waals surface area contributed by atoms with Crippen LogP contribution < -0.4 is 22.1 Å². The summed E-state index contributed by atoms with van der Waals surface area (Å²) in [6, 6.07) is 4.11. The molecule has 9 nitrogen and oxygen atoms in total. The van der Waals surface area contributed by atoms with E-state index in [1.807, 2.05) is 0 Å². The summed E-state index contributed by atoms with van der Waals surface area (Å²) in [5, 5.41) is 14.1. The summed E-state index contributed by atoms with van der Waals surface area (Å²) in [5.74, 6) is -1.71. The van der Waals surface area contributed by atoms with Crippen molar-refractivity contribution in [2.45, 2.75) is 31.3 Å². The van der Waals surface area contributed by atoms with Crippen molar-refractivity contribution in [3.63, 3.8) is 0 Å². The van der Waals surface area contributed by atoms with Crippen LogP contribution >= 0.6 is 0 Å². The molecule has 9 heteroatoms. The molecule has 3 amide bonds. The van der Waals surface area contributed by atoms with Crippen molar-refractivity contribution in [2.75, 3.05) is 6.54 Å². The molecule has 1 aromatic carbocycles. The van der Waals surface area contributed by atoms with Gasteiger partial charge in [-0.2, -0.15) is 0 Å². The minimum absolute atomic E-state index is 0.0521. The number of benzene rings is 1. The van der Waals surface area contributed by atoms with Gasteiger partial charge in [-0.1, -0.05) is 12.1 Å². The molecule has 0 unspecified atom stereocenters. The van der Waals surface area contributed by atoms with E-state index in [4.69, 9.17) is 11.5 Å². The summed E-state index contributed by atoms with van der Waals surface area (Å²) >= 11 is 0. The second kappa shape index (κ2) is 10.0. The molecular weight excluding hydrogens is 328 g/mol. The number of carbonyl (C=O) groups excluding carboxylic acids is 4. The SMILES string of the molecule is NC(=O)CC[C@H](N)C(=O)N[C@@H](Cc1ccc(O)cc1)C(=O)NC[C]=O. The first-order chi connectivity index (χ1) is 11.8. The Morgan fingerprint density at radius 3 is 2.36 bits per heavy atom. The molecule has 1 radical (unpaired) electrons. The second-order valence-electron chi connectivity index (χ2n) is 5.41. The molecule has 0 saturated carbocycles. The monoisotopic (exact) mass is 349 g/mol. The van der Waals surface area contributed by atoms with Gasteiger partial charge in [0.1, 0.15) is 11.8 Å². The number of hydrogen-bond donors (Lipinski definition) is 5. The Morgan fingerprint density at radius 2 is 1.80 bits per heavy atom. The maximum Gasteiger partial charge on any atom is 0.243 e. The number of nitrogens with one attached hydrogen (secondary N) is 2. The Kier molecular flexibility index (Phi) is 8.07. The lowest BCUT2D eigenvalue weighted by Gasteiger charge is -2.20. The molecule has 7 N–H and O–H groups in total. The number of aromatic hydroxyl groups is 1. The van der Waals surface area contributed by atoms with Gasteiger partial charge in [-0.05, 0) is 24.1 Å². The molecule has 0 fully saturated rings. The second-order valence-corrected chi connectivity index (χ2v) is 5.41. The predicted octanol–water partition coefficient (Wildman–Crippen LogP) is -1.76. The highest BCUT2D eigenvalue weighted by Gasteiger charge is 2.24. The van der Waals surface area contributed by atoms with Crippen molar-refractivity contribution < 1.29 is 24.3 Å². The first kappa shape index (κ1) is 20.1. The zero-order chi connectivity index (χ0) is 18.8. The van der Waals surface area contributed by atoms with Gasteiger partial charge in [0.15, 0.2) is 0 Å². The Bertz CT molecular complexity index is 617. The largest absolute Gasteiger partial charge is 0.508 e. The molecule has 0 aliphatic carbocycles. The summed E-state index contributed by atoms with van der Waals surface area (Å²) in [5.41, 5.74) is 11.4. The van der Waals surface area contributed by atoms with E-state index in [0.29, 0.717) is 5.56 Å². The van der Waals surface area contributed by atoms with Crippen LogP contribution in [0, 0.1) is 0 Å². The zero-order valence-corrected chi connectivity index (χ0v) is 13.5. The number of phenols is 1. The number of carbonyl (C=O) groups is 3. The van der Waals surface area contributed by atoms with E-state index in [-0.39, 0.29) is 31.6 Å². The van der Waals surface area contributed by atoms with Crippen molar-refractivity contribution >= 4 is 24.0 Å². The molecule has 0 saturated heterocycles. The molecule has 1 aromatic rings. The number of rotatable bonds is 10. The molecule has 0 spiro atoms. The molecule has 2 atom stereocenters. The van der Waals surface area contributed by atoms with Crippen LogP contribution in [-0.4, -0.2) is 47.7 Å². The average molecular weight is 349 g/mol. The van der Waals surface area contributed by atoms with Crippen molar-refractivity contribution in [3.8, 4) is 5.75 Å². The van der Waals surface area contributed by atoms with E-state index in [1.54, 1.807) is 12.1 Å². The topological polar surface area (TPSA) is 165 Å². The van der Waals surface area contributed by atoms with Crippen LogP contribution in [0.5, 0.6) is 5.75 Å². The van der Waals surface area contributed by atoms with Crippen LogP contribution in [0.1, 0.15) is 18.4 Å². The summed E-state index contributed by atoms with van der Waals surface area (Å²) in [7, 11) is 0. The van der Waals surface area contributed by atoms with E-state index in [9.17, 15) is 24.3 Å². The fourth-order valence-electron chi connectivity index (χ4n) is 2.03. The van der Waals surface area contributed by atoms with Gasteiger partial charge in [-0.25, -0.2) is 0 Å². The summed E-state index contributed by atoms with van der Waals surface area (Å²) in [4.78, 5) is 45.3. The van der Waals surface area contributed by atoms with Gasteiger partial charge in [0.05, 0.1) is 12.6 Å². The van der Waals surface area contributed by atoms with E-state index < -0.39 is 29.8 Å². The smallest absolute Gasteiger partial charge is 0.243 e. The summed E-state index contributed by atoms with van der Waals surface area (Å²) < 4.78 is 0. The van der Waals surface area contributed by atoms with Crippen molar-refractivity contribution in [1.29, 1.82) is 0 Å². The predicted molar refractivity (Wildman–Crippen MR) is 88.8 cm³/mol. The minimum Gasteiger partial charge on any atom is -0.508 e. The number of hydrogen-bond acceptors (Lipinski definition) is 6. The maximum atomic E-state index is 12.1. The molecule has 25 heavy (non-hydrogen) atoms. The first-order valence-corrected chi connectivity index (χ1v) is 7.58. The fourth-order valence-corrected chi connectivity index (χ4v) is 2.03. The Labute approximate surface area is 144 Å². The van der Waals surface area contributed by atoms with Crippen LogP contribution in [0.3, 0.4) is 0 Å². The number of phenolic OH excluding ortho intramolecular Hbond substituents is 1. The van der Waals surface area contributed by atoms with Crippen LogP contribution in [0.4, 0.5) is 0 Å². The molecule has 0 aliphatic heterocycles. The van der Waals surface area contributed by atoms with E-state index in [2.05, 4.69) is 10.6 Å². The van der Waals surface area contributed by atoms with Gasteiger partial charge >= 0.3 is 0 Å². The van der Waals surface area contributed by atoms with Crippen molar-refractivity contribution in [2.24, 2.45) is 11.5 Å². The third-order valence-electron chi connectivity index (χ3n) is 3.38. The van der Waals surface area contributed by atoms with Crippen LogP contribution in [0.15, 0.2) is 24.3 Å². The quantitative estimate of drug-likeness (QED) is 0.336. The lowest BCUT2D eigenvalue weighted by atomic mass is 10.0. The molecule has 0 aromatic heterocycles. The molecule has 0 heterocycles. The molecule has 1 rings (SSSR count). The van der Waals surface area contributed by atoms with Gasteiger partial charge < -0.3 is 27.2 Å². The average Bonchev–Trinajstić information content (AvgIpc) is 2.58. The Balaban J connectivity index is 2.77. The van der Waals surface area contributed by atoms with Gasteiger partial charge in [-0.15, -0.1) is 0 Å². The number of primary amides is 1. The van der Waals surface area contributed by atoms with Crippen molar-refractivity contribution in [3.05, 3.63) is 29.8 Å². The third-order valence-corrected chi connectivity index (χ3v) is 3.38. The molecular formula is C16H21N4O5. The summed E-state index contributed by atoms with van der Waals surface area (Å²) in [6.07, 6.45) is 1.65. The Hall–Kier alpha value is -2.94. The minimum atomic E-state index is -1.000. The molecule has 135 valence electrons. The highest BCUT2D eigenvalue weighted by molar-refractivity contribution is 5.90. The van der Waals surface area contributed by atoms with Crippen LogP contribution in [0.2, 0.25) is 0 Å². The highest BCUT2D eigenvalue weighted by atomic mass is 16.3. The third kappa shape index (κ3) is 7.44. The Morgan fingerprint density at radius 1 is 1.16 bits per heavy atom. The van der Waals surface area contributed by atoms with Gasteiger partial charge in [0.25, 0.3) is 0 Å². The van der Waals surface area contributed by atoms with E-state index >= 15 is 0 Å². The molecule has 0 bridgehead atoms.